The predicted octanol–water partition coefficient (Wildman–Crippen LogP) is 3.65. The average Bonchev–Trinajstić information content (AvgIpc) is 2.13. The van der Waals surface area contributed by atoms with Crippen LogP contribution in [0.25, 0.3) is 0 Å². The van der Waals surface area contributed by atoms with Crippen LogP contribution in [0.4, 0.5) is 0 Å². The fraction of sp³-hybridized carbons (Fsp3) is 0.636. The first-order chi connectivity index (χ1) is 7.22. The number of hydrogen-bond acceptors (Lipinski definition) is 3. The molecular weight excluding hydrogens is 240 g/mol. The van der Waals surface area contributed by atoms with Gasteiger partial charge in [0.25, 0.3) is 0 Å². The zero-order valence-corrected chi connectivity index (χ0v) is 12.3. The predicted molar refractivity (Wildman–Crippen MR) is 69.0 cm³/mol. The summed E-state index contributed by atoms with van der Waals surface area (Å²) in [4.78, 5) is 7.95. The van der Waals surface area contributed by atoms with Gasteiger partial charge in [0.05, 0.1) is 12.3 Å². The molecule has 0 atom stereocenters. The van der Waals surface area contributed by atoms with Gasteiger partial charge < -0.3 is 4.43 Å². The summed E-state index contributed by atoms with van der Waals surface area (Å²) in [6.45, 7) is 11.6. The standard InChI is InChI=1S/C11H19ClN2OSi/c1-11(2,3)16(4,5)15-8-9-6-7-13-10(12)14-9/h6-7H,8H2,1-5H3. The van der Waals surface area contributed by atoms with Crippen LogP contribution in [0.3, 0.4) is 0 Å². The van der Waals surface area contributed by atoms with Crippen molar-refractivity contribution in [3.63, 3.8) is 0 Å². The highest BCUT2D eigenvalue weighted by atomic mass is 35.5. The van der Waals surface area contributed by atoms with Crippen LogP contribution >= 0.6 is 11.6 Å². The maximum atomic E-state index is 6.02. The first-order valence-corrected chi connectivity index (χ1v) is 8.62. The van der Waals surface area contributed by atoms with E-state index < -0.39 is 8.32 Å². The van der Waals surface area contributed by atoms with Crippen molar-refractivity contribution in [1.29, 1.82) is 0 Å². The van der Waals surface area contributed by atoms with Crippen molar-refractivity contribution in [2.24, 2.45) is 0 Å². The molecule has 1 aromatic heterocycles. The summed E-state index contributed by atoms with van der Waals surface area (Å²) in [6, 6.07) is 1.83. The van der Waals surface area contributed by atoms with Crippen molar-refractivity contribution in [1.82, 2.24) is 9.97 Å². The minimum atomic E-state index is -1.71. The molecule has 0 saturated carbocycles. The van der Waals surface area contributed by atoms with Gasteiger partial charge in [0.1, 0.15) is 0 Å². The van der Waals surface area contributed by atoms with E-state index in [2.05, 4.69) is 43.8 Å². The third kappa shape index (κ3) is 3.54. The SMILES string of the molecule is CC(C)(C)[Si](C)(C)OCc1ccnc(Cl)n1. The maximum absolute atomic E-state index is 6.02. The number of rotatable bonds is 3. The van der Waals surface area contributed by atoms with Crippen molar-refractivity contribution in [2.45, 2.75) is 45.5 Å². The Kier molecular flexibility index (Phi) is 4.10. The van der Waals surface area contributed by atoms with Crippen LogP contribution in [0.15, 0.2) is 12.3 Å². The molecule has 90 valence electrons. The molecular formula is C11H19ClN2OSi. The van der Waals surface area contributed by atoms with Crippen LogP contribution in [0.2, 0.25) is 23.4 Å². The molecule has 1 aromatic rings. The van der Waals surface area contributed by atoms with Crippen molar-refractivity contribution < 1.29 is 4.43 Å². The van der Waals surface area contributed by atoms with Crippen molar-refractivity contribution in [3.05, 3.63) is 23.2 Å². The second-order valence-corrected chi connectivity index (χ2v) is 10.5. The van der Waals surface area contributed by atoms with E-state index in [-0.39, 0.29) is 10.3 Å². The Balaban J connectivity index is 2.65. The molecule has 0 spiro atoms. The molecule has 0 bridgehead atoms. The fourth-order valence-electron chi connectivity index (χ4n) is 0.921. The van der Waals surface area contributed by atoms with E-state index in [1.165, 1.54) is 0 Å². The molecule has 0 saturated heterocycles. The van der Waals surface area contributed by atoms with E-state index in [9.17, 15) is 0 Å². The van der Waals surface area contributed by atoms with E-state index in [4.69, 9.17) is 16.0 Å². The van der Waals surface area contributed by atoms with Gasteiger partial charge in [-0.2, -0.15) is 0 Å². The van der Waals surface area contributed by atoms with Gasteiger partial charge in [0.2, 0.25) is 5.28 Å². The van der Waals surface area contributed by atoms with Crippen LogP contribution < -0.4 is 0 Å². The van der Waals surface area contributed by atoms with Gasteiger partial charge in [-0.05, 0) is 35.8 Å². The second-order valence-electron chi connectivity index (χ2n) is 5.37. The topological polar surface area (TPSA) is 35.0 Å². The summed E-state index contributed by atoms with van der Waals surface area (Å²) in [5, 5.41) is 0.487. The Morgan fingerprint density at radius 1 is 1.38 bits per heavy atom. The molecule has 16 heavy (non-hydrogen) atoms. The van der Waals surface area contributed by atoms with E-state index in [1.54, 1.807) is 6.20 Å². The van der Waals surface area contributed by atoms with Gasteiger partial charge in [-0.3, -0.25) is 0 Å². The monoisotopic (exact) mass is 258 g/mol. The van der Waals surface area contributed by atoms with Gasteiger partial charge in [-0.15, -0.1) is 0 Å². The van der Waals surface area contributed by atoms with Crippen molar-refractivity contribution in [2.75, 3.05) is 0 Å². The Hall–Kier alpha value is -0.453. The highest BCUT2D eigenvalue weighted by Crippen LogP contribution is 2.36. The molecule has 1 rings (SSSR count). The first kappa shape index (κ1) is 13.6. The Bertz CT molecular complexity index is 363. The third-order valence-corrected chi connectivity index (χ3v) is 7.73. The maximum Gasteiger partial charge on any atom is 0.222 e. The van der Waals surface area contributed by atoms with Crippen LogP contribution in [0.1, 0.15) is 26.5 Å². The van der Waals surface area contributed by atoms with E-state index in [1.807, 2.05) is 6.07 Å². The largest absolute Gasteiger partial charge is 0.411 e. The van der Waals surface area contributed by atoms with Gasteiger partial charge in [-0.25, -0.2) is 9.97 Å². The lowest BCUT2D eigenvalue weighted by Gasteiger charge is -2.36. The molecule has 0 amide bonds. The van der Waals surface area contributed by atoms with Gasteiger partial charge in [-0.1, -0.05) is 20.8 Å². The molecule has 0 N–H and O–H groups in total. The zero-order chi connectivity index (χ0) is 12.4. The molecule has 0 aliphatic carbocycles. The lowest BCUT2D eigenvalue weighted by molar-refractivity contribution is 0.272. The quantitative estimate of drug-likeness (QED) is 0.613. The third-order valence-electron chi connectivity index (χ3n) is 3.07. The fourth-order valence-corrected chi connectivity index (χ4v) is 2.03. The van der Waals surface area contributed by atoms with Crippen molar-refractivity contribution in [3.8, 4) is 0 Å². The lowest BCUT2D eigenvalue weighted by Crippen LogP contribution is -2.40. The van der Waals surface area contributed by atoms with Crippen LogP contribution in [-0.4, -0.2) is 18.3 Å². The first-order valence-electron chi connectivity index (χ1n) is 5.34. The molecule has 0 aliphatic rings. The number of nitrogens with zero attached hydrogens (tertiary/aromatic N) is 2. The summed E-state index contributed by atoms with van der Waals surface area (Å²) in [7, 11) is -1.71. The summed E-state index contributed by atoms with van der Waals surface area (Å²) in [6.07, 6.45) is 1.65. The Labute approximate surface area is 103 Å². The molecule has 0 radical (unpaired) electrons. The molecule has 0 aliphatic heterocycles. The molecule has 5 heteroatoms. The van der Waals surface area contributed by atoms with Crippen LogP contribution in [-0.2, 0) is 11.0 Å². The highest BCUT2D eigenvalue weighted by Gasteiger charge is 2.37. The highest BCUT2D eigenvalue weighted by molar-refractivity contribution is 6.74. The average molecular weight is 259 g/mol. The van der Waals surface area contributed by atoms with E-state index in [0.717, 1.165) is 5.69 Å². The summed E-state index contributed by atoms with van der Waals surface area (Å²) in [5.41, 5.74) is 0.838. The molecule has 1 heterocycles. The minimum Gasteiger partial charge on any atom is -0.411 e. The molecule has 0 fully saturated rings. The smallest absolute Gasteiger partial charge is 0.222 e. The molecule has 0 aromatic carbocycles. The minimum absolute atomic E-state index is 0.212. The normalized spacial score (nSPS) is 12.9. The molecule has 0 unspecified atom stereocenters. The van der Waals surface area contributed by atoms with Gasteiger partial charge in [0.15, 0.2) is 8.32 Å². The lowest BCUT2D eigenvalue weighted by atomic mass is 10.2. The van der Waals surface area contributed by atoms with Gasteiger partial charge in [0, 0.05) is 6.20 Å². The van der Waals surface area contributed by atoms with E-state index >= 15 is 0 Å². The second kappa shape index (κ2) is 4.81. The summed E-state index contributed by atoms with van der Waals surface area (Å²) in [5.74, 6) is 0. The van der Waals surface area contributed by atoms with Crippen molar-refractivity contribution >= 4 is 19.9 Å². The number of aromatic nitrogens is 2. The molecule has 3 nitrogen and oxygen atoms in total. The number of hydrogen-bond donors (Lipinski definition) is 0. The zero-order valence-electron chi connectivity index (χ0n) is 10.5. The summed E-state index contributed by atoms with van der Waals surface area (Å²) >= 11 is 5.72. The van der Waals surface area contributed by atoms with Gasteiger partial charge >= 0.3 is 0 Å². The van der Waals surface area contributed by atoms with Crippen LogP contribution in [0, 0.1) is 0 Å². The van der Waals surface area contributed by atoms with Crippen LogP contribution in [0.5, 0.6) is 0 Å². The van der Waals surface area contributed by atoms with E-state index in [0.29, 0.717) is 6.61 Å². The summed E-state index contributed by atoms with van der Waals surface area (Å²) < 4.78 is 6.02. The Morgan fingerprint density at radius 2 is 2.00 bits per heavy atom. The Morgan fingerprint density at radius 3 is 2.50 bits per heavy atom. The number of halogens is 1.